The zero-order valence-electron chi connectivity index (χ0n) is 10.0. The number of carbonyl (C=O) groups excluding carboxylic acids is 1. The third kappa shape index (κ3) is 2.10. The summed E-state index contributed by atoms with van der Waals surface area (Å²) in [5.74, 6) is 4.65. The van der Waals surface area contributed by atoms with Crippen LogP contribution in [0.3, 0.4) is 0 Å². The molecule has 1 aromatic carbocycles. The first-order chi connectivity index (χ1) is 8.67. The maximum atomic E-state index is 12.1. The first-order valence-electron chi connectivity index (χ1n) is 5.67. The topological polar surface area (TPSA) is 90.0 Å². The predicted octanol–water partition coefficient (Wildman–Crippen LogP) is 0.410. The van der Waals surface area contributed by atoms with E-state index in [2.05, 4.69) is 4.98 Å². The molecule has 2 rings (SSSR count). The SMILES string of the molecule is CCCn1cnc2cc(C(=O)NN)ccc2c1=O. The number of hydrazine groups is 1. The molecule has 0 aliphatic carbocycles. The first-order valence-corrected chi connectivity index (χ1v) is 5.67. The van der Waals surface area contributed by atoms with Crippen molar-refractivity contribution >= 4 is 16.8 Å². The van der Waals surface area contributed by atoms with E-state index in [0.29, 0.717) is 23.0 Å². The van der Waals surface area contributed by atoms with Gasteiger partial charge in [0.15, 0.2) is 0 Å². The van der Waals surface area contributed by atoms with Crippen molar-refractivity contribution in [2.45, 2.75) is 19.9 Å². The van der Waals surface area contributed by atoms with Gasteiger partial charge in [0.2, 0.25) is 0 Å². The summed E-state index contributed by atoms with van der Waals surface area (Å²) in [5, 5.41) is 0.500. The molecule has 3 N–H and O–H groups in total. The normalized spacial score (nSPS) is 10.6. The number of nitrogens with zero attached hydrogens (tertiary/aromatic N) is 2. The number of nitrogen functional groups attached to an aromatic ring is 1. The van der Waals surface area contributed by atoms with Crippen LogP contribution in [0.25, 0.3) is 10.9 Å². The molecule has 0 spiro atoms. The molecule has 0 saturated carbocycles. The molecule has 0 atom stereocenters. The Bertz CT molecular complexity index is 648. The minimum absolute atomic E-state index is 0.0958. The third-order valence-electron chi connectivity index (χ3n) is 2.68. The summed E-state index contributed by atoms with van der Waals surface area (Å²) in [6.07, 6.45) is 2.36. The molecule has 0 saturated heterocycles. The van der Waals surface area contributed by atoms with E-state index in [1.54, 1.807) is 22.8 Å². The van der Waals surface area contributed by atoms with Crippen molar-refractivity contribution in [3.05, 3.63) is 40.4 Å². The van der Waals surface area contributed by atoms with Crippen molar-refractivity contribution in [1.29, 1.82) is 0 Å². The number of nitrogens with one attached hydrogen (secondary N) is 1. The number of aromatic nitrogens is 2. The summed E-state index contributed by atoms with van der Waals surface area (Å²) in [6.45, 7) is 2.62. The fourth-order valence-corrected chi connectivity index (χ4v) is 1.78. The van der Waals surface area contributed by atoms with Crippen molar-refractivity contribution in [2.24, 2.45) is 5.84 Å². The number of benzene rings is 1. The van der Waals surface area contributed by atoms with Gasteiger partial charge in [0.25, 0.3) is 11.5 Å². The van der Waals surface area contributed by atoms with Gasteiger partial charge in [0.05, 0.1) is 17.2 Å². The molecule has 0 fully saturated rings. The molecule has 0 aliphatic heterocycles. The average molecular weight is 246 g/mol. The number of amides is 1. The Hall–Kier alpha value is -2.21. The summed E-state index contributed by atoms with van der Waals surface area (Å²) in [4.78, 5) is 27.6. The maximum absolute atomic E-state index is 12.1. The standard InChI is InChI=1S/C12H14N4O2/c1-2-5-16-7-14-10-6-8(11(17)15-13)3-4-9(10)12(16)18/h3-4,6-7H,2,5,13H2,1H3,(H,15,17). The molecule has 6 nitrogen and oxygen atoms in total. The van der Waals surface area contributed by atoms with Crippen LogP contribution in [0.4, 0.5) is 0 Å². The highest BCUT2D eigenvalue weighted by molar-refractivity contribution is 5.97. The van der Waals surface area contributed by atoms with Gasteiger partial charge in [0.1, 0.15) is 0 Å². The molecule has 0 unspecified atom stereocenters. The lowest BCUT2D eigenvalue weighted by atomic mass is 10.1. The van der Waals surface area contributed by atoms with Gasteiger partial charge in [-0.3, -0.25) is 19.6 Å². The molecule has 1 heterocycles. The number of rotatable bonds is 3. The van der Waals surface area contributed by atoms with Gasteiger partial charge >= 0.3 is 0 Å². The Labute approximate surface area is 103 Å². The average Bonchev–Trinajstić information content (AvgIpc) is 2.41. The summed E-state index contributed by atoms with van der Waals surface area (Å²) < 4.78 is 1.56. The fraction of sp³-hybridized carbons (Fsp3) is 0.250. The van der Waals surface area contributed by atoms with Crippen molar-refractivity contribution < 1.29 is 4.79 Å². The van der Waals surface area contributed by atoms with Crippen LogP contribution >= 0.6 is 0 Å². The van der Waals surface area contributed by atoms with Gasteiger partial charge in [-0.2, -0.15) is 0 Å². The van der Waals surface area contributed by atoms with E-state index >= 15 is 0 Å². The second kappa shape index (κ2) is 4.97. The molecule has 1 aromatic heterocycles. The maximum Gasteiger partial charge on any atom is 0.265 e. The fourth-order valence-electron chi connectivity index (χ4n) is 1.78. The van der Waals surface area contributed by atoms with E-state index < -0.39 is 5.91 Å². The monoisotopic (exact) mass is 246 g/mol. The Balaban J connectivity index is 2.58. The van der Waals surface area contributed by atoms with Crippen molar-refractivity contribution in [3.8, 4) is 0 Å². The lowest BCUT2D eigenvalue weighted by Crippen LogP contribution is -2.30. The minimum atomic E-state index is -0.406. The molecular formula is C12H14N4O2. The van der Waals surface area contributed by atoms with E-state index in [9.17, 15) is 9.59 Å². The molecule has 6 heteroatoms. The zero-order chi connectivity index (χ0) is 13.1. The van der Waals surface area contributed by atoms with Crippen molar-refractivity contribution in [3.63, 3.8) is 0 Å². The first kappa shape index (κ1) is 12.3. The number of carbonyl (C=O) groups is 1. The summed E-state index contributed by atoms with van der Waals surface area (Å²) in [6, 6.07) is 4.71. The molecular weight excluding hydrogens is 232 g/mol. The number of fused-ring (bicyclic) bond motifs is 1. The third-order valence-corrected chi connectivity index (χ3v) is 2.68. The van der Waals surface area contributed by atoms with E-state index in [0.717, 1.165) is 6.42 Å². The van der Waals surface area contributed by atoms with E-state index in [4.69, 9.17) is 5.84 Å². The Morgan fingerprint density at radius 2 is 2.28 bits per heavy atom. The number of hydrogen-bond acceptors (Lipinski definition) is 4. The van der Waals surface area contributed by atoms with Crippen LogP contribution in [0.1, 0.15) is 23.7 Å². The quantitative estimate of drug-likeness (QED) is 0.466. The largest absolute Gasteiger partial charge is 0.299 e. The lowest BCUT2D eigenvalue weighted by molar-refractivity contribution is 0.0954. The highest BCUT2D eigenvalue weighted by Crippen LogP contribution is 2.10. The van der Waals surface area contributed by atoms with E-state index in [-0.39, 0.29) is 5.56 Å². The Morgan fingerprint density at radius 3 is 2.94 bits per heavy atom. The molecule has 0 aliphatic rings. The smallest absolute Gasteiger partial charge is 0.265 e. The van der Waals surface area contributed by atoms with Crippen LogP contribution in [0.15, 0.2) is 29.3 Å². The van der Waals surface area contributed by atoms with Gasteiger partial charge in [-0.15, -0.1) is 0 Å². The molecule has 18 heavy (non-hydrogen) atoms. The Kier molecular flexibility index (Phi) is 3.38. The highest BCUT2D eigenvalue weighted by Gasteiger charge is 2.08. The summed E-state index contributed by atoms with van der Waals surface area (Å²) >= 11 is 0. The summed E-state index contributed by atoms with van der Waals surface area (Å²) in [5.41, 5.74) is 2.82. The van der Waals surface area contributed by atoms with Crippen molar-refractivity contribution in [1.82, 2.24) is 15.0 Å². The predicted molar refractivity (Wildman–Crippen MR) is 67.9 cm³/mol. The molecule has 94 valence electrons. The minimum Gasteiger partial charge on any atom is -0.299 e. The molecule has 1 amide bonds. The number of aryl methyl sites for hydroxylation is 1. The van der Waals surface area contributed by atoms with E-state index in [1.807, 2.05) is 12.3 Å². The van der Waals surface area contributed by atoms with Crippen LogP contribution in [-0.2, 0) is 6.54 Å². The van der Waals surface area contributed by atoms with Crippen molar-refractivity contribution in [2.75, 3.05) is 0 Å². The van der Waals surface area contributed by atoms with Crippen LogP contribution in [0.5, 0.6) is 0 Å². The molecule has 0 bridgehead atoms. The van der Waals surface area contributed by atoms with Crippen LogP contribution in [0.2, 0.25) is 0 Å². The van der Waals surface area contributed by atoms with Gasteiger partial charge in [-0.05, 0) is 24.6 Å². The van der Waals surface area contributed by atoms with Gasteiger partial charge < -0.3 is 0 Å². The van der Waals surface area contributed by atoms with Crippen LogP contribution in [-0.4, -0.2) is 15.5 Å². The molecule has 2 aromatic rings. The second-order valence-corrected chi connectivity index (χ2v) is 3.95. The van der Waals surface area contributed by atoms with Gasteiger partial charge in [0, 0.05) is 12.1 Å². The number of hydrogen-bond donors (Lipinski definition) is 2. The number of nitrogens with two attached hydrogens (primary N) is 1. The molecule has 0 radical (unpaired) electrons. The van der Waals surface area contributed by atoms with Crippen LogP contribution < -0.4 is 16.8 Å². The van der Waals surface area contributed by atoms with Crippen LogP contribution in [0, 0.1) is 0 Å². The Morgan fingerprint density at radius 1 is 1.50 bits per heavy atom. The van der Waals surface area contributed by atoms with E-state index in [1.165, 1.54) is 6.33 Å². The lowest BCUT2D eigenvalue weighted by Gasteiger charge is -2.05. The zero-order valence-corrected chi connectivity index (χ0v) is 10.0. The van der Waals surface area contributed by atoms with Gasteiger partial charge in [-0.1, -0.05) is 6.92 Å². The second-order valence-electron chi connectivity index (χ2n) is 3.95. The summed E-state index contributed by atoms with van der Waals surface area (Å²) in [7, 11) is 0. The highest BCUT2D eigenvalue weighted by atomic mass is 16.2. The van der Waals surface area contributed by atoms with Gasteiger partial charge in [-0.25, -0.2) is 10.8 Å².